The van der Waals surface area contributed by atoms with Crippen molar-refractivity contribution in [3.8, 4) is 10.4 Å². The third-order valence-electron chi connectivity index (χ3n) is 6.11. The van der Waals surface area contributed by atoms with Gasteiger partial charge in [0.05, 0.1) is 17.9 Å². The fourth-order valence-corrected chi connectivity index (χ4v) is 4.91. The molecule has 0 aliphatic carbocycles. The van der Waals surface area contributed by atoms with Gasteiger partial charge in [-0.3, -0.25) is 19.3 Å². The summed E-state index contributed by atoms with van der Waals surface area (Å²) in [7, 11) is 3.56. The molecule has 0 fully saturated rings. The van der Waals surface area contributed by atoms with Gasteiger partial charge in [-0.05, 0) is 98.7 Å². The fourth-order valence-electron chi connectivity index (χ4n) is 4.06. The van der Waals surface area contributed by atoms with Gasteiger partial charge in [0.15, 0.2) is 0 Å². The number of nitrogen functional groups attached to an aromatic ring is 1. The standard InChI is InChI=1S/C30H30ClN5O3S/c1-19(29(38)33-23-11-9-22(31)10-12-23)36(28(37)18-35(2)3)24-13-6-20(7-14-24)30(39)34-26-17-21(8-15-25(26)32)27-5-4-16-40-27/h4-17,19H,18,32H2,1-3H3,(H,33,38)(H,34,39)/t19-/m0/s1. The Bertz CT molecular complexity index is 1490. The van der Waals surface area contributed by atoms with E-state index in [2.05, 4.69) is 10.6 Å². The van der Waals surface area contributed by atoms with E-state index in [9.17, 15) is 14.4 Å². The van der Waals surface area contributed by atoms with Crippen LogP contribution in [0.5, 0.6) is 0 Å². The van der Waals surface area contributed by atoms with Crippen LogP contribution in [0.25, 0.3) is 10.4 Å². The molecule has 0 radical (unpaired) electrons. The minimum atomic E-state index is -0.831. The van der Waals surface area contributed by atoms with Crippen molar-refractivity contribution in [3.63, 3.8) is 0 Å². The van der Waals surface area contributed by atoms with Crippen molar-refractivity contribution in [2.24, 2.45) is 0 Å². The molecule has 0 unspecified atom stereocenters. The lowest BCUT2D eigenvalue weighted by Gasteiger charge is -2.30. The van der Waals surface area contributed by atoms with Gasteiger partial charge in [-0.25, -0.2) is 0 Å². The van der Waals surface area contributed by atoms with E-state index in [1.54, 1.807) is 91.9 Å². The van der Waals surface area contributed by atoms with Crippen molar-refractivity contribution in [3.05, 3.63) is 94.8 Å². The van der Waals surface area contributed by atoms with Crippen molar-refractivity contribution >= 4 is 63.4 Å². The Hall–Kier alpha value is -4.18. The lowest BCUT2D eigenvalue weighted by atomic mass is 10.1. The molecule has 0 aliphatic rings. The van der Waals surface area contributed by atoms with Crippen LogP contribution in [0.4, 0.5) is 22.7 Å². The molecule has 4 N–H and O–H groups in total. The second kappa shape index (κ2) is 12.8. The molecule has 1 aromatic heterocycles. The third-order valence-corrected chi connectivity index (χ3v) is 7.28. The summed E-state index contributed by atoms with van der Waals surface area (Å²) in [5.74, 6) is -0.974. The van der Waals surface area contributed by atoms with Gasteiger partial charge in [-0.1, -0.05) is 23.7 Å². The zero-order chi connectivity index (χ0) is 28.8. The van der Waals surface area contributed by atoms with E-state index in [4.69, 9.17) is 17.3 Å². The van der Waals surface area contributed by atoms with Crippen LogP contribution >= 0.6 is 22.9 Å². The molecule has 206 valence electrons. The number of nitrogens with two attached hydrogens (primary N) is 1. The van der Waals surface area contributed by atoms with Crippen LogP contribution in [0.1, 0.15) is 17.3 Å². The largest absolute Gasteiger partial charge is 0.397 e. The van der Waals surface area contributed by atoms with Gasteiger partial charge in [-0.15, -0.1) is 11.3 Å². The summed E-state index contributed by atoms with van der Waals surface area (Å²) in [6, 6.07) is 21.9. The average molecular weight is 576 g/mol. The molecule has 1 heterocycles. The first kappa shape index (κ1) is 28.8. The predicted octanol–water partition coefficient (Wildman–Crippen LogP) is 5.82. The summed E-state index contributed by atoms with van der Waals surface area (Å²) >= 11 is 7.54. The number of nitrogens with zero attached hydrogens (tertiary/aromatic N) is 2. The number of carbonyl (C=O) groups excluding carboxylic acids is 3. The Labute approximate surface area is 242 Å². The molecule has 0 bridgehead atoms. The van der Waals surface area contributed by atoms with Crippen LogP contribution in [0.15, 0.2) is 84.2 Å². The molecule has 0 saturated carbocycles. The van der Waals surface area contributed by atoms with Crippen molar-refractivity contribution in [1.29, 1.82) is 0 Å². The van der Waals surface area contributed by atoms with E-state index < -0.39 is 6.04 Å². The highest BCUT2D eigenvalue weighted by Gasteiger charge is 2.28. The SMILES string of the molecule is C[C@@H](C(=O)Nc1ccc(Cl)cc1)N(C(=O)CN(C)C)c1ccc(C(=O)Nc2cc(-c3cccs3)ccc2N)cc1. The van der Waals surface area contributed by atoms with E-state index in [1.807, 2.05) is 29.6 Å². The number of rotatable bonds is 9. The number of hydrogen-bond acceptors (Lipinski definition) is 6. The number of nitrogens with one attached hydrogen (secondary N) is 2. The van der Waals surface area contributed by atoms with Gasteiger partial charge in [0.2, 0.25) is 11.8 Å². The predicted molar refractivity (Wildman–Crippen MR) is 164 cm³/mol. The van der Waals surface area contributed by atoms with Crippen LogP contribution in [0.3, 0.4) is 0 Å². The van der Waals surface area contributed by atoms with E-state index in [0.29, 0.717) is 33.3 Å². The maximum absolute atomic E-state index is 13.2. The first-order valence-corrected chi connectivity index (χ1v) is 13.8. The summed E-state index contributed by atoms with van der Waals surface area (Å²) in [6.45, 7) is 1.75. The van der Waals surface area contributed by atoms with E-state index in [0.717, 1.165) is 10.4 Å². The highest BCUT2D eigenvalue weighted by Crippen LogP contribution is 2.30. The molecule has 0 aliphatic heterocycles. The van der Waals surface area contributed by atoms with Crippen LogP contribution in [0, 0.1) is 0 Å². The van der Waals surface area contributed by atoms with Gasteiger partial charge in [0.25, 0.3) is 5.91 Å². The highest BCUT2D eigenvalue weighted by molar-refractivity contribution is 7.13. The average Bonchev–Trinajstić information content (AvgIpc) is 3.46. The van der Waals surface area contributed by atoms with Crippen LogP contribution < -0.4 is 21.3 Å². The lowest BCUT2D eigenvalue weighted by molar-refractivity contribution is -0.123. The van der Waals surface area contributed by atoms with Gasteiger partial charge in [0.1, 0.15) is 6.04 Å². The van der Waals surface area contributed by atoms with Crippen LogP contribution in [-0.2, 0) is 9.59 Å². The first-order chi connectivity index (χ1) is 19.1. The molecular formula is C30H30ClN5O3S. The van der Waals surface area contributed by atoms with Gasteiger partial charge in [0, 0.05) is 26.8 Å². The molecule has 0 spiro atoms. The molecule has 4 rings (SSSR count). The van der Waals surface area contributed by atoms with E-state index in [-0.39, 0.29) is 24.3 Å². The van der Waals surface area contributed by atoms with Gasteiger partial charge >= 0.3 is 0 Å². The second-order valence-electron chi connectivity index (χ2n) is 9.45. The number of amides is 3. The summed E-state index contributed by atoms with van der Waals surface area (Å²) in [5.41, 5.74) is 9.47. The second-order valence-corrected chi connectivity index (χ2v) is 10.8. The molecule has 3 amide bonds. The Morgan fingerprint density at radius 3 is 2.27 bits per heavy atom. The van der Waals surface area contributed by atoms with Gasteiger partial charge < -0.3 is 21.3 Å². The number of thiophene rings is 1. The number of halogens is 1. The normalized spacial score (nSPS) is 11.6. The lowest BCUT2D eigenvalue weighted by Crippen LogP contribution is -2.48. The van der Waals surface area contributed by atoms with Gasteiger partial charge in [-0.2, -0.15) is 0 Å². The highest BCUT2D eigenvalue weighted by atomic mass is 35.5. The van der Waals surface area contributed by atoms with E-state index in [1.165, 1.54) is 4.90 Å². The molecule has 0 saturated heterocycles. The molecule has 1 atom stereocenters. The summed E-state index contributed by atoms with van der Waals surface area (Å²) in [5, 5.41) is 8.24. The zero-order valence-corrected chi connectivity index (χ0v) is 23.9. The third kappa shape index (κ3) is 7.06. The fraction of sp³-hybridized carbons (Fsp3) is 0.167. The number of likely N-dealkylation sites (N-methyl/N-ethyl adjacent to an activating group) is 1. The number of benzene rings is 3. The number of carbonyl (C=O) groups is 3. The summed E-state index contributed by atoms with van der Waals surface area (Å²) in [6.07, 6.45) is 0. The minimum absolute atomic E-state index is 0.0979. The molecule has 3 aromatic carbocycles. The minimum Gasteiger partial charge on any atom is -0.397 e. The molecule has 10 heteroatoms. The molecule has 4 aromatic rings. The quantitative estimate of drug-likeness (QED) is 0.218. The summed E-state index contributed by atoms with van der Waals surface area (Å²) < 4.78 is 0. The first-order valence-electron chi connectivity index (χ1n) is 12.5. The van der Waals surface area contributed by atoms with Crippen molar-refractivity contribution in [2.45, 2.75) is 13.0 Å². The number of anilines is 4. The van der Waals surface area contributed by atoms with Crippen molar-refractivity contribution in [2.75, 3.05) is 41.9 Å². The topological polar surface area (TPSA) is 108 Å². The Morgan fingerprint density at radius 2 is 1.65 bits per heavy atom. The van der Waals surface area contributed by atoms with Crippen LogP contribution in [-0.4, -0.2) is 49.3 Å². The molecule has 40 heavy (non-hydrogen) atoms. The molecular weight excluding hydrogens is 546 g/mol. The van der Waals surface area contributed by atoms with E-state index >= 15 is 0 Å². The monoisotopic (exact) mass is 575 g/mol. The summed E-state index contributed by atoms with van der Waals surface area (Å²) in [4.78, 5) is 43.6. The maximum atomic E-state index is 13.2. The Morgan fingerprint density at radius 1 is 0.950 bits per heavy atom. The Balaban J connectivity index is 1.53. The van der Waals surface area contributed by atoms with Crippen LogP contribution in [0.2, 0.25) is 5.02 Å². The number of hydrogen-bond donors (Lipinski definition) is 3. The zero-order valence-electron chi connectivity index (χ0n) is 22.4. The smallest absolute Gasteiger partial charge is 0.255 e. The Kier molecular flexibility index (Phi) is 9.21. The molecule has 8 nitrogen and oxygen atoms in total. The van der Waals surface area contributed by atoms with Crippen molar-refractivity contribution < 1.29 is 14.4 Å². The van der Waals surface area contributed by atoms with Crippen molar-refractivity contribution in [1.82, 2.24) is 4.90 Å². The maximum Gasteiger partial charge on any atom is 0.255 e.